The first-order chi connectivity index (χ1) is 11.1. The van der Waals surface area contributed by atoms with Gasteiger partial charge >= 0.3 is 0 Å². The Kier molecular flexibility index (Phi) is 7.06. The largest absolute Gasteiger partial charge is 0.314 e. The molecule has 1 aliphatic rings. The number of para-hydroxylation sites is 1. The van der Waals surface area contributed by atoms with E-state index in [-0.39, 0.29) is 5.91 Å². The van der Waals surface area contributed by atoms with Crippen LogP contribution in [-0.2, 0) is 4.79 Å². The van der Waals surface area contributed by atoms with E-state index < -0.39 is 0 Å². The fraction of sp³-hybridized carbons (Fsp3) is 0.632. The van der Waals surface area contributed by atoms with Crippen molar-refractivity contribution in [2.24, 2.45) is 0 Å². The average molecular weight is 317 g/mol. The Morgan fingerprint density at radius 2 is 1.87 bits per heavy atom. The second-order valence-corrected chi connectivity index (χ2v) is 6.48. The molecule has 0 aromatic heterocycles. The minimum Gasteiger partial charge on any atom is -0.314 e. The summed E-state index contributed by atoms with van der Waals surface area (Å²) in [6.45, 7) is 12.2. The summed E-state index contributed by atoms with van der Waals surface area (Å²) in [6, 6.07) is 6.27. The Bertz CT molecular complexity index is 489. The van der Waals surface area contributed by atoms with E-state index in [1.165, 1.54) is 11.1 Å². The van der Waals surface area contributed by atoms with Crippen molar-refractivity contribution in [1.29, 1.82) is 0 Å². The molecule has 2 rings (SSSR count). The molecule has 0 radical (unpaired) electrons. The Balaban J connectivity index is 2.06. The molecular formula is C19H31N3O. The highest BCUT2D eigenvalue weighted by atomic mass is 16.2. The van der Waals surface area contributed by atoms with Gasteiger partial charge in [0.15, 0.2) is 0 Å². The second-order valence-electron chi connectivity index (χ2n) is 6.48. The number of hydrogen-bond donors (Lipinski definition) is 1. The smallest absolute Gasteiger partial charge is 0.228 e. The van der Waals surface area contributed by atoms with Gasteiger partial charge in [0.25, 0.3) is 0 Å². The third-order valence-electron chi connectivity index (χ3n) is 4.60. The van der Waals surface area contributed by atoms with E-state index in [1.54, 1.807) is 0 Å². The molecule has 0 saturated carbocycles. The van der Waals surface area contributed by atoms with Gasteiger partial charge in [-0.15, -0.1) is 0 Å². The zero-order chi connectivity index (χ0) is 16.7. The van der Waals surface area contributed by atoms with Crippen LogP contribution in [0.2, 0.25) is 0 Å². The van der Waals surface area contributed by atoms with Crippen LogP contribution in [0.1, 0.15) is 37.3 Å². The number of carbonyl (C=O) groups is 1. The molecule has 23 heavy (non-hydrogen) atoms. The maximum atomic E-state index is 12.9. The van der Waals surface area contributed by atoms with Crippen LogP contribution in [0.15, 0.2) is 18.2 Å². The number of aryl methyl sites for hydroxylation is 2. The van der Waals surface area contributed by atoms with E-state index in [4.69, 9.17) is 0 Å². The van der Waals surface area contributed by atoms with Crippen LogP contribution in [0.25, 0.3) is 0 Å². The molecule has 1 amide bonds. The Morgan fingerprint density at radius 3 is 2.48 bits per heavy atom. The van der Waals surface area contributed by atoms with E-state index in [0.29, 0.717) is 6.42 Å². The molecule has 1 saturated heterocycles. The summed E-state index contributed by atoms with van der Waals surface area (Å²) in [5, 5.41) is 3.36. The number of anilines is 1. The van der Waals surface area contributed by atoms with E-state index >= 15 is 0 Å². The van der Waals surface area contributed by atoms with E-state index in [1.807, 2.05) is 4.90 Å². The molecule has 1 aromatic carbocycles. The van der Waals surface area contributed by atoms with Gasteiger partial charge in [-0.25, -0.2) is 0 Å². The number of benzene rings is 1. The van der Waals surface area contributed by atoms with Crippen LogP contribution in [0.4, 0.5) is 5.69 Å². The molecule has 0 bridgehead atoms. The van der Waals surface area contributed by atoms with Crippen LogP contribution in [0.3, 0.4) is 0 Å². The SMILES string of the molecule is CCCCN(C(=O)CCN1CCNCC1)c1c(C)cccc1C. The third-order valence-corrected chi connectivity index (χ3v) is 4.60. The summed E-state index contributed by atoms with van der Waals surface area (Å²) < 4.78 is 0. The van der Waals surface area contributed by atoms with E-state index in [9.17, 15) is 4.79 Å². The molecule has 1 heterocycles. The molecule has 128 valence electrons. The minimum atomic E-state index is 0.259. The zero-order valence-corrected chi connectivity index (χ0v) is 14.9. The Labute approximate surface area is 140 Å². The van der Waals surface area contributed by atoms with Crippen molar-refractivity contribution >= 4 is 11.6 Å². The first-order valence-corrected chi connectivity index (χ1v) is 8.93. The van der Waals surface area contributed by atoms with Crippen molar-refractivity contribution in [1.82, 2.24) is 10.2 Å². The van der Waals surface area contributed by atoms with E-state index in [2.05, 4.69) is 49.2 Å². The first kappa shape index (κ1) is 18.0. The van der Waals surface area contributed by atoms with Gasteiger partial charge in [0.1, 0.15) is 0 Å². The summed E-state index contributed by atoms with van der Waals surface area (Å²) in [5.41, 5.74) is 3.50. The molecule has 0 aliphatic carbocycles. The average Bonchev–Trinajstić information content (AvgIpc) is 2.56. The lowest BCUT2D eigenvalue weighted by atomic mass is 10.1. The molecule has 1 N–H and O–H groups in total. The zero-order valence-electron chi connectivity index (χ0n) is 14.9. The first-order valence-electron chi connectivity index (χ1n) is 8.93. The highest BCUT2D eigenvalue weighted by Crippen LogP contribution is 2.25. The minimum absolute atomic E-state index is 0.259. The molecular weight excluding hydrogens is 286 g/mol. The lowest BCUT2D eigenvalue weighted by molar-refractivity contribution is -0.119. The predicted octanol–water partition coefficient (Wildman–Crippen LogP) is 2.73. The van der Waals surface area contributed by atoms with Crippen molar-refractivity contribution in [3.63, 3.8) is 0 Å². The highest BCUT2D eigenvalue weighted by molar-refractivity contribution is 5.95. The lowest BCUT2D eigenvalue weighted by Gasteiger charge is -2.30. The second kappa shape index (κ2) is 9.04. The molecule has 4 nitrogen and oxygen atoms in total. The summed E-state index contributed by atoms with van der Waals surface area (Å²) in [4.78, 5) is 17.3. The molecule has 4 heteroatoms. The number of carbonyl (C=O) groups excluding carboxylic acids is 1. The van der Waals surface area contributed by atoms with Crippen LogP contribution in [0.5, 0.6) is 0 Å². The Hall–Kier alpha value is -1.39. The summed E-state index contributed by atoms with van der Waals surface area (Å²) in [5.74, 6) is 0.259. The predicted molar refractivity (Wildman–Crippen MR) is 97.1 cm³/mol. The van der Waals surface area contributed by atoms with Gasteiger partial charge in [0, 0.05) is 51.4 Å². The lowest BCUT2D eigenvalue weighted by Crippen LogP contribution is -2.45. The molecule has 0 spiro atoms. The van der Waals surface area contributed by atoms with Crippen molar-refractivity contribution < 1.29 is 4.79 Å². The number of nitrogens with zero attached hydrogens (tertiary/aromatic N) is 2. The highest BCUT2D eigenvalue weighted by Gasteiger charge is 2.20. The van der Waals surface area contributed by atoms with Crippen LogP contribution in [-0.4, -0.2) is 50.1 Å². The van der Waals surface area contributed by atoms with E-state index in [0.717, 1.165) is 57.8 Å². The van der Waals surface area contributed by atoms with Crippen LogP contribution in [0, 0.1) is 13.8 Å². The van der Waals surface area contributed by atoms with Gasteiger partial charge < -0.3 is 15.1 Å². The van der Waals surface area contributed by atoms with Crippen molar-refractivity contribution in [3.8, 4) is 0 Å². The summed E-state index contributed by atoms with van der Waals surface area (Å²) in [7, 11) is 0. The number of rotatable bonds is 7. The fourth-order valence-corrected chi connectivity index (χ4v) is 3.23. The molecule has 1 fully saturated rings. The molecule has 1 aliphatic heterocycles. The van der Waals surface area contributed by atoms with Gasteiger partial charge in [0.2, 0.25) is 5.91 Å². The quantitative estimate of drug-likeness (QED) is 0.840. The molecule has 1 aromatic rings. The van der Waals surface area contributed by atoms with Crippen LogP contribution < -0.4 is 10.2 Å². The standard InChI is InChI=1S/C19H31N3O/c1-4-5-12-22(19-16(2)7-6-8-17(19)3)18(23)9-13-21-14-10-20-11-15-21/h6-8,20H,4-5,9-15H2,1-3H3. The van der Waals surface area contributed by atoms with Crippen molar-refractivity contribution in [2.75, 3.05) is 44.2 Å². The fourth-order valence-electron chi connectivity index (χ4n) is 3.23. The van der Waals surface area contributed by atoms with Gasteiger partial charge in [0.05, 0.1) is 0 Å². The van der Waals surface area contributed by atoms with Crippen LogP contribution >= 0.6 is 0 Å². The number of amides is 1. The van der Waals surface area contributed by atoms with Gasteiger partial charge in [-0.2, -0.15) is 0 Å². The summed E-state index contributed by atoms with van der Waals surface area (Å²) >= 11 is 0. The van der Waals surface area contributed by atoms with Gasteiger partial charge in [-0.05, 0) is 31.4 Å². The Morgan fingerprint density at radius 1 is 1.22 bits per heavy atom. The third kappa shape index (κ3) is 5.05. The topological polar surface area (TPSA) is 35.6 Å². The maximum Gasteiger partial charge on any atom is 0.228 e. The maximum absolute atomic E-state index is 12.9. The monoisotopic (exact) mass is 317 g/mol. The molecule has 0 unspecified atom stereocenters. The van der Waals surface area contributed by atoms with Gasteiger partial charge in [-0.1, -0.05) is 31.5 Å². The number of piperazine rings is 1. The number of hydrogen-bond acceptors (Lipinski definition) is 3. The number of unbranched alkanes of at least 4 members (excludes halogenated alkanes) is 1. The number of nitrogens with one attached hydrogen (secondary N) is 1. The van der Waals surface area contributed by atoms with Gasteiger partial charge in [-0.3, -0.25) is 4.79 Å². The molecule has 0 atom stereocenters. The van der Waals surface area contributed by atoms with Crippen molar-refractivity contribution in [3.05, 3.63) is 29.3 Å². The van der Waals surface area contributed by atoms with Crippen molar-refractivity contribution in [2.45, 2.75) is 40.0 Å². The summed E-state index contributed by atoms with van der Waals surface area (Å²) in [6.07, 6.45) is 2.76. The normalized spacial score (nSPS) is 15.6.